The summed E-state index contributed by atoms with van der Waals surface area (Å²) in [5, 5.41) is 10.4. The van der Waals surface area contributed by atoms with E-state index in [2.05, 4.69) is 15.5 Å². The Kier molecular flexibility index (Phi) is 4.69. The van der Waals surface area contributed by atoms with Gasteiger partial charge in [0.05, 0.1) is 5.69 Å². The van der Waals surface area contributed by atoms with Crippen LogP contribution in [0.25, 0.3) is 0 Å². The van der Waals surface area contributed by atoms with Gasteiger partial charge in [-0.2, -0.15) is 0 Å². The Morgan fingerprint density at radius 1 is 1.42 bits per heavy atom. The lowest BCUT2D eigenvalue weighted by Gasteiger charge is -2.05. The molecule has 0 unspecified atom stereocenters. The summed E-state index contributed by atoms with van der Waals surface area (Å²) in [5.41, 5.74) is 5.63. The zero-order chi connectivity index (χ0) is 13.7. The molecule has 0 radical (unpaired) electrons. The van der Waals surface area contributed by atoms with Gasteiger partial charge in [-0.05, 0) is 12.1 Å². The van der Waals surface area contributed by atoms with Gasteiger partial charge >= 0.3 is 0 Å². The third-order valence-corrected chi connectivity index (χ3v) is 4.01. The van der Waals surface area contributed by atoms with Gasteiger partial charge < -0.3 is 11.1 Å². The molecule has 0 bridgehead atoms. The van der Waals surface area contributed by atoms with Crippen molar-refractivity contribution in [3.63, 3.8) is 0 Å². The van der Waals surface area contributed by atoms with Crippen LogP contribution in [0.3, 0.4) is 0 Å². The Bertz CT molecular complexity index is 575. The van der Waals surface area contributed by atoms with Crippen LogP contribution in [-0.4, -0.2) is 21.9 Å². The fraction of sp³-hybridized carbons (Fsp3) is 0.182. The van der Waals surface area contributed by atoms with Crippen molar-refractivity contribution >= 4 is 39.8 Å². The van der Waals surface area contributed by atoms with Crippen molar-refractivity contribution in [3.8, 4) is 0 Å². The topological polar surface area (TPSA) is 80.9 Å². The Balaban J connectivity index is 1.77. The smallest absolute Gasteiger partial charge is 0.225 e. The van der Waals surface area contributed by atoms with E-state index in [0.29, 0.717) is 10.9 Å². The van der Waals surface area contributed by atoms with Gasteiger partial charge in [-0.1, -0.05) is 35.2 Å². The number of carbonyl (C=O) groups is 1. The van der Waals surface area contributed by atoms with Gasteiger partial charge in [-0.3, -0.25) is 4.79 Å². The van der Waals surface area contributed by atoms with E-state index in [0.717, 1.165) is 4.34 Å². The molecular weight excluding hydrogens is 287 g/mol. The molecule has 19 heavy (non-hydrogen) atoms. The molecule has 0 aliphatic rings. The summed E-state index contributed by atoms with van der Waals surface area (Å²) in [6.45, 7) is 0. The van der Waals surface area contributed by atoms with Crippen LogP contribution in [0.15, 0.2) is 28.6 Å². The fourth-order valence-electron chi connectivity index (χ4n) is 1.29. The summed E-state index contributed by atoms with van der Waals surface area (Å²) in [6, 6.07) is 6.05. The molecule has 5 nitrogen and oxygen atoms in total. The number of halogens is 1. The van der Waals surface area contributed by atoms with Gasteiger partial charge in [0.1, 0.15) is 5.82 Å². The highest BCUT2D eigenvalue weighted by Crippen LogP contribution is 2.24. The van der Waals surface area contributed by atoms with Crippen molar-refractivity contribution in [3.05, 3.63) is 30.1 Å². The lowest BCUT2D eigenvalue weighted by atomic mass is 10.3. The minimum atomic E-state index is -0.444. The molecular formula is C11H11FN4OS2. The van der Waals surface area contributed by atoms with Crippen LogP contribution in [0, 0.1) is 5.82 Å². The highest BCUT2D eigenvalue weighted by molar-refractivity contribution is 8.01. The number of hydrogen-bond donors (Lipinski definition) is 2. The predicted octanol–water partition coefficient (Wildman–Crippen LogP) is 2.38. The number of nitrogens with one attached hydrogen (secondary N) is 1. The molecule has 2 rings (SSSR count). The van der Waals surface area contributed by atoms with Crippen molar-refractivity contribution in [1.29, 1.82) is 0 Å². The highest BCUT2D eigenvalue weighted by Gasteiger charge is 2.07. The van der Waals surface area contributed by atoms with Crippen LogP contribution in [0.2, 0.25) is 0 Å². The second-order valence-electron chi connectivity index (χ2n) is 3.53. The molecule has 0 aliphatic carbocycles. The number of rotatable bonds is 5. The second kappa shape index (κ2) is 6.48. The first kappa shape index (κ1) is 13.8. The van der Waals surface area contributed by atoms with E-state index in [1.807, 2.05) is 0 Å². The first-order chi connectivity index (χ1) is 9.15. The van der Waals surface area contributed by atoms with Crippen LogP contribution in [0.5, 0.6) is 0 Å². The molecule has 1 aromatic heterocycles. The maximum Gasteiger partial charge on any atom is 0.225 e. The number of nitrogen functional groups attached to an aromatic ring is 1. The Hall–Kier alpha value is -1.67. The van der Waals surface area contributed by atoms with Crippen molar-refractivity contribution in [2.75, 3.05) is 16.8 Å². The molecule has 0 atom stereocenters. The van der Waals surface area contributed by atoms with Crippen molar-refractivity contribution in [2.45, 2.75) is 10.8 Å². The largest absolute Gasteiger partial charge is 0.374 e. The van der Waals surface area contributed by atoms with Gasteiger partial charge in [-0.25, -0.2) is 4.39 Å². The Labute approximate surface area is 117 Å². The monoisotopic (exact) mass is 298 g/mol. The number of amides is 1. The fourth-order valence-corrected chi connectivity index (χ4v) is 2.93. The van der Waals surface area contributed by atoms with Crippen molar-refractivity contribution in [2.24, 2.45) is 0 Å². The SMILES string of the molecule is Nc1nnc(SCCC(=O)Nc2ccccc2F)s1. The van der Waals surface area contributed by atoms with E-state index >= 15 is 0 Å². The van der Waals surface area contributed by atoms with Crippen molar-refractivity contribution < 1.29 is 9.18 Å². The minimum Gasteiger partial charge on any atom is -0.374 e. The third kappa shape index (κ3) is 4.18. The standard InChI is InChI=1S/C11H11FN4OS2/c12-7-3-1-2-4-8(7)14-9(17)5-6-18-11-16-15-10(13)19-11/h1-4H,5-6H2,(H2,13,15)(H,14,17). The molecule has 0 saturated carbocycles. The molecule has 8 heteroatoms. The Morgan fingerprint density at radius 3 is 2.89 bits per heavy atom. The molecule has 1 amide bonds. The first-order valence-corrected chi connectivity index (χ1v) is 7.21. The van der Waals surface area contributed by atoms with E-state index in [1.54, 1.807) is 12.1 Å². The van der Waals surface area contributed by atoms with Gasteiger partial charge in [-0.15, -0.1) is 10.2 Å². The van der Waals surface area contributed by atoms with Gasteiger partial charge in [0, 0.05) is 12.2 Å². The maximum atomic E-state index is 13.3. The van der Waals surface area contributed by atoms with Crippen LogP contribution in [-0.2, 0) is 4.79 Å². The summed E-state index contributed by atoms with van der Waals surface area (Å²) >= 11 is 2.67. The average Bonchev–Trinajstić information content (AvgIpc) is 2.78. The summed E-state index contributed by atoms with van der Waals surface area (Å²) in [4.78, 5) is 11.6. The van der Waals surface area contributed by atoms with E-state index < -0.39 is 5.82 Å². The van der Waals surface area contributed by atoms with E-state index in [4.69, 9.17) is 5.73 Å². The van der Waals surface area contributed by atoms with E-state index in [1.165, 1.54) is 35.2 Å². The average molecular weight is 298 g/mol. The molecule has 0 spiro atoms. The number of thioether (sulfide) groups is 1. The predicted molar refractivity (Wildman–Crippen MR) is 74.7 cm³/mol. The second-order valence-corrected chi connectivity index (χ2v) is 5.88. The zero-order valence-electron chi connectivity index (χ0n) is 9.80. The van der Waals surface area contributed by atoms with Gasteiger partial charge in [0.15, 0.2) is 4.34 Å². The number of benzene rings is 1. The third-order valence-electron chi connectivity index (χ3n) is 2.12. The maximum absolute atomic E-state index is 13.3. The molecule has 1 heterocycles. The molecule has 0 aliphatic heterocycles. The van der Waals surface area contributed by atoms with Gasteiger partial charge in [0.25, 0.3) is 0 Å². The number of carbonyl (C=O) groups excluding carboxylic acids is 1. The van der Waals surface area contributed by atoms with Gasteiger partial charge in [0.2, 0.25) is 11.0 Å². The van der Waals surface area contributed by atoms with Crippen LogP contribution >= 0.6 is 23.1 Å². The normalized spacial score (nSPS) is 10.4. The lowest BCUT2D eigenvalue weighted by molar-refractivity contribution is -0.115. The molecule has 0 fully saturated rings. The molecule has 0 saturated heterocycles. The summed E-state index contributed by atoms with van der Waals surface area (Å²) < 4.78 is 14.0. The molecule has 2 aromatic rings. The number of nitrogens with zero attached hydrogens (tertiary/aromatic N) is 2. The molecule has 1 aromatic carbocycles. The number of anilines is 2. The van der Waals surface area contributed by atoms with Crippen LogP contribution in [0.1, 0.15) is 6.42 Å². The number of aromatic nitrogens is 2. The minimum absolute atomic E-state index is 0.192. The number of nitrogens with two attached hydrogens (primary N) is 1. The first-order valence-electron chi connectivity index (χ1n) is 5.41. The lowest BCUT2D eigenvalue weighted by Crippen LogP contribution is -2.13. The highest BCUT2D eigenvalue weighted by atomic mass is 32.2. The summed E-state index contributed by atoms with van der Waals surface area (Å²) in [6.07, 6.45) is 0.262. The Morgan fingerprint density at radius 2 is 2.21 bits per heavy atom. The van der Waals surface area contributed by atoms with Crippen molar-refractivity contribution in [1.82, 2.24) is 10.2 Å². The van der Waals surface area contributed by atoms with Crippen LogP contribution in [0.4, 0.5) is 15.2 Å². The molecule has 100 valence electrons. The van der Waals surface area contributed by atoms with E-state index in [9.17, 15) is 9.18 Å². The van der Waals surface area contributed by atoms with Crippen LogP contribution < -0.4 is 11.1 Å². The number of para-hydroxylation sites is 1. The quantitative estimate of drug-likeness (QED) is 0.828. The number of hydrogen-bond acceptors (Lipinski definition) is 6. The summed E-state index contributed by atoms with van der Waals surface area (Å²) in [7, 11) is 0. The zero-order valence-corrected chi connectivity index (χ0v) is 11.4. The molecule has 3 N–H and O–H groups in total. The summed E-state index contributed by atoms with van der Waals surface area (Å²) in [5.74, 6) is -0.148. The van der Waals surface area contributed by atoms with E-state index in [-0.39, 0.29) is 18.0 Å².